The SMILES string of the molecule is CC(C)(C)OC(=O)N1CCC(CNc2cccc(NS(=O)(=O)c3ccccc3)c2)CC1. The number of piperidine rings is 1. The molecule has 0 spiro atoms. The fourth-order valence-corrected chi connectivity index (χ4v) is 4.49. The zero-order chi connectivity index (χ0) is 22.5. The van der Waals surface area contributed by atoms with Crippen molar-refractivity contribution in [1.29, 1.82) is 0 Å². The van der Waals surface area contributed by atoms with Crippen LogP contribution in [0, 0.1) is 5.92 Å². The number of hydrogen-bond acceptors (Lipinski definition) is 5. The smallest absolute Gasteiger partial charge is 0.410 e. The summed E-state index contributed by atoms with van der Waals surface area (Å²) in [7, 11) is -3.62. The molecule has 8 heteroatoms. The highest BCUT2D eigenvalue weighted by Gasteiger charge is 2.26. The van der Waals surface area contributed by atoms with E-state index in [1.54, 1.807) is 47.4 Å². The summed E-state index contributed by atoms with van der Waals surface area (Å²) in [4.78, 5) is 14.2. The number of hydrogen-bond donors (Lipinski definition) is 2. The van der Waals surface area contributed by atoms with Crippen LogP contribution in [0.4, 0.5) is 16.2 Å². The fourth-order valence-electron chi connectivity index (χ4n) is 3.41. The number of carbonyl (C=O) groups excluding carboxylic acids is 1. The van der Waals surface area contributed by atoms with Gasteiger partial charge in [-0.15, -0.1) is 0 Å². The minimum atomic E-state index is -3.62. The zero-order valence-electron chi connectivity index (χ0n) is 18.3. The lowest BCUT2D eigenvalue weighted by atomic mass is 9.97. The molecule has 0 unspecified atom stereocenters. The molecule has 1 saturated heterocycles. The number of amides is 1. The summed E-state index contributed by atoms with van der Waals surface area (Å²) in [6.45, 7) is 7.73. The number of anilines is 2. The second-order valence-corrected chi connectivity index (χ2v) is 10.5. The summed E-state index contributed by atoms with van der Waals surface area (Å²) in [6.07, 6.45) is 1.54. The normalized spacial score (nSPS) is 15.4. The summed E-state index contributed by atoms with van der Waals surface area (Å²) >= 11 is 0. The van der Waals surface area contributed by atoms with Gasteiger partial charge >= 0.3 is 6.09 Å². The van der Waals surface area contributed by atoms with Gasteiger partial charge in [0.05, 0.1) is 10.6 Å². The van der Waals surface area contributed by atoms with Crippen LogP contribution in [0.1, 0.15) is 33.6 Å². The van der Waals surface area contributed by atoms with Crippen LogP contribution in [0.15, 0.2) is 59.5 Å². The van der Waals surface area contributed by atoms with Crippen molar-refractivity contribution in [3.05, 3.63) is 54.6 Å². The third kappa shape index (κ3) is 6.89. The van der Waals surface area contributed by atoms with Gasteiger partial charge in [0.15, 0.2) is 0 Å². The highest BCUT2D eigenvalue weighted by atomic mass is 32.2. The third-order valence-electron chi connectivity index (χ3n) is 5.03. The highest BCUT2D eigenvalue weighted by molar-refractivity contribution is 7.92. The number of ether oxygens (including phenoxy) is 1. The van der Waals surface area contributed by atoms with E-state index in [1.807, 2.05) is 32.9 Å². The first kappa shape index (κ1) is 22.9. The highest BCUT2D eigenvalue weighted by Crippen LogP contribution is 2.23. The monoisotopic (exact) mass is 445 g/mol. The van der Waals surface area contributed by atoms with Gasteiger partial charge in [0.1, 0.15) is 5.60 Å². The predicted octanol–water partition coefficient (Wildman–Crippen LogP) is 4.55. The molecule has 0 atom stereocenters. The van der Waals surface area contributed by atoms with Gasteiger partial charge in [0, 0.05) is 25.3 Å². The van der Waals surface area contributed by atoms with Crippen LogP contribution in [0.25, 0.3) is 0 Å². The van der Waals surface area contributed by atoms with Crippen LogP contribution in [-0.4, -0.2) is 44.6 Å². The molecular weight excluding hydrogens is 414 g/mol. The molecule has 0 radical (unpaired) electrons. The van der Waals surface area contributed by atoms with Crippen molar-refractivity contribution < 1.29 is 17.9 Å². The van der Waals surface area contributed by atoms with Crippen molar-refractivity contribution in [2.45, 2.75) is 44.1 Å². The Kier molecular flexibility index (Phi) is 7.10. The molecule has 0 aliphatic carbocycles. The Morgan fingerprint density at radius 1 is 1.03 bits per heavy atom. The maximum Gasteiger partial charge on any atom is 0.410 e. The summed E-state index contributed by atoms with van der Waals surface area (Å²) in [5.41, 5.74) is 0.874. The van der Waals surface area contributed by atoms with E-state index in [1.165, 1.54) is 0 Å². The van der Waals surface area contributed by atoms with Crippen LogP contribution in [0.3, 0.4) is 0 Å². The average molecular weight is 446 g/mol. The Labute approximate surface area is 184 Å². The largest absolute Gasteiger partial charge is 0.444 e. The average Bonchev–Trinajstić information content (AvgIpc) is 2.72. The molecule has 1 heterocycles. The van der Waals surface area contributed by atoms with Crippen LogP contribution in [0.2, 0.25) is 0 Å². The van der Waals surface area contributed by atoms with E-state index in [-0.39, 0.29) is 11.0 Å². The standard InChI is InChI=1S/C23H31N3O4S/c1-23(2,3)30-22(27)26-14-12-18(13-15-26)17-24-19-8-7-9-20(16-19)25-31(28,29)21-10-5-4-6-11-21/h4-11,16,18,24-25H,12-15,17H2,1-3H3. The first-order valence-electron chi connectivity index (χ1n) is 10.5. The van der Waals surface area contributed by atoms with Gasteiger partial charge in [-0.1, -0.05) is 24.3 Å². The molecular formula is C23H31N3O4S. The summed E-state index contributed by atoms with van der Waals surface area (Å²) in [6, 6.07) is 15.5. The summed E-state index contributed by atoms with van der Waals surface area (Å²) in [5, 5.41) is 3.39. The van der Waals surface area contributed by atoms with Crippen molar-refractivity contribution in [2.75, 3.05) is 29.7 Å². The molecule has 0 aromatic heterocycles. The molecule has 1 fully saturated rings. The zero-order valence-corrected chi connectivity index (χ0v) is 19.1. The number of rotatable bonds is 6. The maximum absolute atomic E-state index is 12.5. The lowest BCUT2D eigenvalue weighted by Crippen LogP contribution is -2.42. The lowest BCUT2D eigenvalue weighted by Gasteiger charge is -2.33. The molecule has 168 valence electrons. The van der Waals surface area contributed by atoms with Crippen LogP contribution < -0.4 is 10.0 Å². The van der Waals surface area contributed by atoms with E-state index in [9.17, 15) is 13.2 Å². The molecule has 3 rings (SSSR count). The first-order valence-corrected chi connectivity index (χ1v) is 12.0. The van der Waals surface area contributed by atoms with E-state index < -0.39 is 15.6 Å². The van der Waals surface area contributed by atoms with E-state index in [4.69, 9.17) is 4.74 Å². The van der Waals surface area contributed by atoms with Crippen molar-refractivity contribution >= 4 is 27.5 Å². The molecule has 2 N–H and O–H groups in total. The molecule has 0 bridgehead atoms. The molecule has 2 aromatic carbocycles. The van der Waals surface area contributed by atoms with E-state index in [0.29, 0.717) is 24.7 Å². The van der Waals surface area contributed by atoms with Crippen molar-refractivity contribution in [2.24, 2.45) is 5.92 Å². The van der Waals surface area contributed by atoms with Crippen LogP contribution in [0.5, 0.6) is 0 Å². The van der Waals surface area contributed by atoms with E-state index >= 15 is 0 Å². The Morgan fingerprint density at radius 2 is 1.68 bits per heavy atom. The molecule has 7 nitrogen and oxygen atoms in total. The number of likely N-dealkylation sites (tertiary alicyclic amines) is 1. The number of nitrogens with one attached hydrogen (secondary N) is 2. The van der Waals surface area contributed by atoms with Crippen molar-refractivity contribution in [3.63, 3.8) is 0 Å². The van der Waals surface area contributed by atoms with E-state index in [2.05, 4.69) is 10.0 Å². The number of carbonyl (C=O) groups is 1. The number of nitrogens with zero attached hydrogens (tertiary/aromatic N) is 1. The molecule has 1 aliphatic heterocycles. The van der Waals surface area contributed by atoms with Crippen molar-refractivity contribution in [3.8, 4) is 0 Å². The molecule has 0 saturated carbocycles. The topological polar surface area (TPSA) is 87.7 Å². The number of benzene rings is 2. The number of sulfonamides is 1. The maximum atomic E-state index is 12.5. The van der Waals surface area contributed by atoms with Gasteiger partial charge in [0.25, 0.3) is 10.0 Å². The molecule has 1 aliphatic rings. The Bertz CT molecular complexity index is 979. The summed E-state index contributed by atoms with van der Waals surface area (Å²) in [5.74, 6) is 0.434. The van der Waals surface area contributed by atoms with Gasteiger partial charge in [-0.2, -0.15) is 0 Å². The third-order valence-corrected chi connectivity index (χ3v) is 6.43. The Balaban J connectivity index is 1.51. The van der Waals surface area contributed by atoms with Crippen LogP contribution >= 0.6 is 0 Å². The van der Waals surface area contributed by atoms with Crippen molar-refractivity contribution in [1.82, 2.24) is 4.90 Å². The van der Waals surface area contributed by atoms with Gasteiger partial charge in [-0.3, -0.25) is 4.72 Å². The summed E-state index contributed by atoms with van der Waals surface area (Å²) < 4.78 is 33.1. The second kappa shape index (κ2) is 9.60. The fraction of sp³-hybridized carbons (Fsp3) is 0.435. The van der Waals surface area contributed by atoms with Gasteiger partial charge in [-0.25, -0.2) is 13.2 Å². The van der Waals surface area contributed by atoms with Crippen LogP contribution in [-0.2, 0) is 14.8 Å². The quantitative estimate of drug-likeness (QED) is 0.681. The first-order chi connectivity index (χ1) is 14.6. The minimum Gasteiger partial charge on any atom is -0.444 e. The molecule has 1 amide bonds. The second-order valence-electron chi connectivity index (χ2n) is 8.79. The molecule has 31 heavy (non-hydrogen) atoms. The van der Waals surface area contributed by atoms with Gasteiger partial charge in [0.2, 0.25) is 0 Å². The predicted molar refractivity (Wildman–Crippen MR) is 123 cm³/mol. The van der Waals surface area contributed by atoms with E-state index in [0.717, 1.165) is 25.1 Å². The molecule has 2 aromatic rings. The van der Waals surface area contributed by atoms with Gasteiger partial charge in [-0.05, 0) is 69.9 Å². The lowest BCUT2D eigenvalue weighted by molar-refractivity contribution is 0.0188. The minimum absolute atomic E-state index is 0.227. The Hall–Kier alpha value is -2.74. The van der Waals surface area contributed by atoms with Gasteiger partial charge < -0.3 is 15.0 Å². The Morgan fingerprint density at radius 3 is 2.32 bits per heavy atom.